The van der Waals surface area contributed by atoms with Gasteiger partial charge in [0.1, 0.15) is 5.39 Å². The Labute approximate surface area is 37.3 Å². The molecular formula is H2N2O5. The standard InChI is InChI=1S/H2N2O5/c3-1(4)7-2(5)6/h3-4H. The Bertz CT molecular complexity index is 66.5. The first-order chi connectivity index (χ1) is 3.13. The van der Waals surface area contributed by atoms with Gasteiger partial charge in [-0.1, -0.05) is 0 Å². The summed E-state index contributed by atoms with van der Waals surface area (Å²) in [6, 6.07) is 0. The third-order valence-corrected chi connectivity index (χ3v) is 0.140. The molecule has 7 heteroatoms. The minimum Gasteiger partial charge on any atom is -0.267 e. The van der Waals surface area contributed by atoms with Gasteiger partial charge >= 0.3 is 5.09 Å². The Kier molecular flexibility index (Phi) is 1.99. The van der Waals surface area contributed by atoms with E-state index in [1.807, 2.05) is 0 Å². The molecule has 0 heterocycles. The molecular weight excluding hydrogens is 108 g/mol. The SMILES string of the molecule is O=[N+]([O-])ON(O)O. The molecule has 0 saturated heterocycles. The monoisotopic (exact) mass is 110 g/mol. The first-order valence-electron chi connectivity index (χ1n) is 1.13. The van der Waals surface area contributed by atoms with Gasteiger partial charge < -0.3 is 0 Å². The number of hydrogen-bond donors (Lipinski definition) is 2. The zero-order valence-corrected chi connectivity index (χ0v) is 3.01. The van der Waals surface area contributed by atoms with E-state index in [0.29, 0.717) is 0 Å². The molecule has 2 N–H and O–H groups in total. The van der Waals surface area contributed by atoms with Gasteiger partial charge in [-0.05, 0) is 0 Å². The van der Waals surface area contributed by atoms with Crippen molar-refractivity contribution in [3.8, 4) is 0 Å². The van der Waals surface area contributed by atoms with Gasteiger partial charge in [-0.2, -0.15) is 4.94 Å². The lowest BCUT2D eigenvalue weighted by molar-refractivity contribution is -0.866. The summed E-state index contributed by atoms with van der Waals surface area (Å²) in [6.07, 6.45) is 0. The Balaban J connectivity index is 3.13. The normalized spacial score (nSPS) is 9.00. The lowest BCUT2D eigenvalue weighted by Crippen LogP contribution is -2.18. The van der Waals surface area contributed by atoms with Crippen LogP contribution in [0.5, 0.6) is 0 Å². The largest absolute Gasteiger partial charge is 0.316 e. The topological polar surface area (TPSA) is 96.1 Å². The maximum atomic E-state index is 9.03. The average Bonchev–Trinajstić information content (AvgIpc) is 1.27. The van der Waals surface area contributed by atoms with Gasteiger partial charge in [0.05, 0.1) is 0 Å². The second-order valence-electron chi connectivity index (χ2n) is 0.558. The molecule has 0 saturated carbocycles. The average molecular weight is 110 g/mol. The van der Waals surface area contributed by atoms with E-state index in [9.17, 15) is 0 Å². The molecule has 0 aliphatic rings. The molecule has 0 aromatic heterocycles. The summed E-state index contributed by atoms with van der Waals surface area (Å²) in [6.45, 7) is 0. The van der Waals surface area contributed by atoms with E-state index in [2.05, 4.69) is 4.94 Å². The molecule has 0 atom stereocenters. The molecule has 7 nitrogen and oxygen atoms in total. The molecule has 7 heavy (non-hydrogen) atoms. The van der Waals surface area contributed by atoms with Crippen molar-refractivity contribution in [2.45, 2.75) is 0 Å². The Hall–Kier alpha value is -0.920. The molecule has 0 aromatic carbocycles. The summed E-state index contributed by atoms with van der Waals surface area (Å²) in [5, 5.41) is 21.6. The van der Waals surface area contributed by atoms with E-state index >= 15 is 0 Å². The molecule has 0 aromatic rings. The molecule has 0 aliphatic heterocycles. The summed E-state index contributed by atoms with van der Waals surface area (Å²) in [5.41, 5.74) is 0. The predicted molar refractivity (Wildman–Crippen MR) is 13.5 cm³/mol. The van der Waals surface area contributed by atoms with Crippen molar-refractivity contribution in [1.82, 2.24) is 5.39 Å². The van der Waals surface area contributed by atoms with Gasteiger partial charge in [0.15, 0.2) is 0 Å². The van der Waals surface area contributed by atoms with E-state index in [1.165, 1.54) is 0 Å². The maximum Gasteiger partial charge on any atom is 0.316 e. The van der Waals surface area contributed by atoms with Crippen LogP contribution in [-0.4, -0.2) is 20.9 Å². The summed E-state index contributed by atoms with van der Waals surface area (Å²) in [7, 11) is 0. The predicted octanol–water partition coefficient (Wildman–Crippen LogP) is -0.810. The lowest BCUT2D eigenvalue weighted by atomic mass is 12.8. The highest BCUT2D eigenvalue weighted by molar-refractivity contribution is 3.85. The Morgan fingerprint density at radius 1 is 1.71 bits per heavy atom. The molecule has 0 radical (unpaired) electrons. The molecule has 0 aliphatic carbocycles. The minimum atomic E-state index is -1.38. The third-order valence-electron chi connectivity index (χ3n) is 0.140. The van der Waals surface area contributed by atoms with Crippen molar-refractivity contribution in [1.29, 1.82) is 0 Å². The first-order valence-corrected chi connectivity index (χ1v) is 1.13. The van der Waals surface area contributed by atoms with Gasteiger partial charge in [0.2, 0.25) is 0 Å². The molecule has 0 amide bonds. The third kappa shape index (κ3) is 5.08. The molecule has 0 rings (SSSR count). The molecule has 0 fully saturated rings. The first kappa shape index (κ1) is 6.08. The quantitative estimate of drug-likeness (QED) is 0.356. The molecule has 42 valence electrons. The molecule has 0 unspecified atom stereocenters. The number of rotatable bonds is 2. The number of hydrogen-bond acceptors (Lipinski definition) is 6. The van der Waals surface area contributed by atoms with Crippen LogP contribution in [0.25, 0.3) is 0 Å². The van der Waals surface area contributed by atoms with Crippen LogP contribution < -0.4 is 0 Å². The van der Waals surface area contributed by atoms with E-state index < -0.39 is 10.5 Å². The number of nitrogens with zero attached hydrogens (tertiary/aromatic N) is 2. The van der Waals surface area contributed by atoms with Crippen molar-refractivity contribution in [2.75, 3.05) is 0 Å². The zero-order valence-electron chi connectivity index (χ0n) is 3.01. The van der Waals surface area contributed by atoms with Crippen molar-refractivity contribution >= 4 is 0 Å². The highest BCUT2D eigenvalue weighted by atomic mass is 17.2. The van der Waals surface area contributed by atoms with Gasteiger partial charge in [-0.15, -0.1) is 10.1 Å². The summed E-state index contributed by atoms with van der Waals surface area (Å²) >= 11 is 0. The molecule has 0 bridgehead atoms. The van der Waals surface area contributed by atoms with Crippen LogP contribution in [-0.2, 0) is 4.94 Å². The summed E-state index contributed by atoms with van der Waals surface area (Å²) in [4.78, 5) is 11.9. The fourth-order valence-electron chi connectivity index (χ4n) is 0.0596. The van der Waals surface area contributed by atoms with Gasteiger partial charge in [0, 0.05) is 0 Å². The van der Waals surface area contributed by atoms with Gasteiger partial charge in [-0.25, -0.2) is 0 Å². The van der Waals surface area contributed by atoms with Crippen LogP contribution in [0.15, 0.2) is 0 Å². The fourth-order valence-corrected chi connectivity index (χ4v) is 0.0596. The lowest BCUT2D eigenvalue weighted by Gasteiger charge is -1.96. The van der Waals surface area contributed by atoms with E-state index in [-0.39, 0.29) is 0 Å². The highest BCUT2D eigenvalue weighted by Gasteiger charge is 1.97. The van der Waals surface area contributed by atoms with E-state index in [0.717, 1.165) is 0 Å². The van der Waals surface area contributed by atoms with Crippen LogP contribution in [0.1, 0.15) is 0 Å². The van der Waals surface area contributed by atoms with Crippen molar-refractivity contribution in [2.24, 2.45) is 0 Å². The smallest absolute Gasteiger partial charge is 0.267 e. The van der Waals surface area contributed by atoms with Crippen LogP contribution in [0, 0.1) is 10.1 Å². The fraction of sp³-hybridized carbons (Fsp3) is 0. The second-order valence-corrected chi connectivity index (χ2v) is 0.558. The maximum absolute atomic E-state index is 9.03. The van der Waals surface area contributed by atoms with E-state index in [4.69, 9.17) is 20.5 Å². The van der Waals surface area contributed by atoms with Gasteiger partial charge in [-0.3, -0.25) is 10.4 Å². The van der Waals surface area contributed by atoms with Crippen LogP contribution >= 0.6 is 0 Å². The van der Waals surface area contributed by atoms with E-state index in [1.54, 1.807) is 0 Å². The van der Waals surface area contributed by atoms with Crippen molar-refractivity contribution in [3.05, 3.63) is 10.1 Å². The zero-order chi connectivity index (χ0) is 5.86. The summed E-state index contributed by atoms with van der Waals surface area (Å²) in [5.74, 6) is 0. The second kappa shape index (κ2) is 2.29. The van der Waals surface area contributed by atoms with Gasteiger partial charge in [0.25, 0.3) is 0 Å². The highest BCUT2D eigenvalue weighted by Crippen LogP contribution is 1.73. The van der Waals surface area contributed by atoms with Crippen LogP contribution in [0.3, 0.4) is 0 Å². The minimum absolute atomic E-state index is 1.00. The Morgan fingerprint density at radius 2 is 2.14 bits per heavy atom. The van der Waals surface area contributed by atoms with Crippen LogP contribution in [0.4, 0.5) is 0 Å². The van der Waals surface area contributed by atoms with Crippen molar-refractivity contribution in [3.63, 3.8) is 0 Å². The Morgan fingerprint density at radius 3 is 2.14 bits per heavy atom. The molecule has 0 spiro atoms. The summed E-state index contributed by atoms with van der Waals surface area (Å²) < 4.78 is 0. The van der Waals surface area contributed by atoms with Crippen molar-refractivity contribution < 1.29 is 20.4 Å². The van der Waals surface area contributed by atoms with Crippen LogP contribution in [0.2, 0.25) is 0 Å².